The van der Waals surface area contributed by atoms with E-state index in [-0.39, 0.29) is 11.9 Å². The second kappa shape index (κ2) is 6.22. The predicted molar refractivity (Wildman–Crippen MR) is 82.2 cm³/mol. The van der Waals surface area contributed by atoms with E-state index in [2.05, 4.69) is 29.2 Å². The van der Waals surface area contributed by atoms with Gasteiger partial charge in [-0.05, 0) is 32.3 Å². The average Bonchev–Trinajstić information content (AvgIpc) is 2.81. The Kier molecular flexibility index (Phi) is 4.57. The maximum atomic E-state index is 12.4. The number of carbonyl (C=O) groups is 1. The van der Waals surface area contributed by atoms with Crippen molar-refractivity contribution in [3.63, 3.8) is 0 Å². The zero-order valence-corrected chi connectivity index (χ0v) is 13.1. The summed E-state index contributed by atoms with van der Waals surface area (Å²) in [5.41, 5.74) is 8.63. The number of carbonyl (C=O) groups excluding carboxylic acids is 1. The molecule has 2 aromatic heterocycles. The molecule has 6 nitrogen and oxygen atoms in total. The van der Waals surface area contributed by atoms with E-state index >= 15 is 0 Å². The molecule has 0 radical (unpaired) electrons. The van der Waals surface area contributed by atoms with Crippen LogP contribution in [0.2, 0.25) is 0 Å². The van der Waals surface area contributed by atoms with E-state index in [1.54, 1.807) is 10.7 Å². The molecule has 0 bridgehead atoms. The van der Waals surface area contributed by atoms with Crippen LogP contribution in [0.3, 0.4) is 0 Å². The highest BCUT2D eigenvalue weighted by molar-refractivity contribution is 5.99. The zero-order chi connectivity index (χ0) is 15.6. The van der Waals surface area contributed by atoms with Crippen LogP contribution in [0.15, 0.2) is 12.3 Å². The molecule has 1 atom stereocenters. The van der Waals surface area contributed by atoms with Crippen LogP contribution in [0.25, 0.3) is 5.65 Å². The molecule has 0 aromatic carbocycles. The van der Waals surface area contributed by atoms with Crippen molar-refractivity contribution in [1.82, 2.24) is 19.9 Å². The highest BCUT2D eigenvalue weighted by atomic mass is 16.1. The number of fused-ring (bicyclic) bond motifs is 1. The molecule has 2 heterocycles. The Morgan fingerprint density at radius 3 is 2.76 bits per heavy atom. The number of rotatable bonds is 5. The summed E-state index contributed by atoms with van der Waals surface area (Å²) in [7, 11) is 0. The molecule has 0 saturated carbocycles. The number of nitrogens with zero attached hydrogens (tertiary/aromatic N) is 3. The average molecular weight is 289 g/mol. The van der Waals surface area contributed by atoms with Crippen LogP contribution in [0.1, 0.15) is 42.0 Å². The van der Waals surface area contributed by atoms with Gasteiger partial charge in [0, 0.05) is 24.0 Å². The van der Waals surface area contributed by atoms with Crippen LogP contribution in [0.4, 0.5) is 0 Å². The lowest BCUT2D eigenvalue weighted by Gasteiger charge is -2.18. The summed E-state index contributed by atoms with van der Waals surface area (Å²) in [6.45, 7) is 8.49. The van der Waals surface area contributed by atoms with Gasteiger partial charge in [-0.15, -0.1) is 0 Å². The minimum absolute atomic E-state index is 0.0293. The monoisotopic (exact) mass is 289 g/mol. The van der Waals surface area contributed by atoms with Crippen molar-refractivity contribution in [2.75, 3.05) is 6.54 Å². The first-order valence-corrected chi connectivity index (χ1v) is 7.25. The number of aryl methyl sites for hydroxylation is 2. The van der Waals surface area contributed by atoms with Crippen molar-refractivity contribution in [3.05, 3.63) is 29.2 Å². The Hall–Kier alpha value is -1.95. The number of nitrogens with two attached hydrogens (primary N) is 1. The number of hydrogen-bond acceptors (Lipinski definition) is 4. The molecule has 3 N–H and O–H groups in total. The summed E-state index contributed by atoms with van der Waals surface area (Å²) < 4.78 is 1.68. The van der Waals surface area contributed by atoms with E-state index in [0.717, 1.165) is 17.8 Å². The molecule has 0 fully saturated rings. The smallest absolute Gasteiger partial charge is 0.257 e. The Bertz CT molecular complexity index is 647. The molecule has 0 spiro atoms. The molecular weight excluding hydrogens is 266 g/mol. The highest BCUT2D eigenvalue weighted by Crippen LogP contribution is 2.12. The maximum Gasteiger partial charge on any atom is 0.257 e. The minimum atomic E-state index is -0.168. The van der Waals surface area contributed by atoms with Crippen LogP contribution < -0.4 is 11.1 Å². The van der Waals surface area contributed by atoms with Crippen LogP contribution >= 0.6 is 0 Å². The highest BCUT2D eigenvalue weighted by Gasteiger charge is 2.19. The van der Waals surface area contributed by atoms with Gasteiger partial charge in [0.2, 0.25) is 0 Å². The van der Waals surface area contributed by atoms with E-state index in [0.29, 0.717) is 23.7 Å². The van der Waals surface area contributed by atoms with Gasteiger partial charge in [-0.2, -0.15) is 5.10 Å². The summed E-state index contributed by atoms with van der Waals surface area (Å²) in [6.07, 6.45) is 2.42. The van der Waals surface area contributed by atoms with Gasteiger partial charge in [0.25, 0.3) is 5.91 Å². The quantitative estimate of drug-likeness (QED) is 0.872. The molecule has 0 aliphatic carbocycles. The van der Waals surface area contributed by atoms with Crippen LogP contribution in [-0.4, -0.2) is 33.1 Å². The minimum Gasteiger partial charge on any atom is -0.348 e. The van der Waals surface area contributed by atoms with Gasteiger partial charge in [-0.1, -0.05) is 13.8 Å². The first-order valence-electron chi connectivity index (χ1n) is 7.25. The van der Waals surface area contributed by atoms with Crippen molar-refractivity contribution in [3.8, 4) is 0 Å². The third-order valence-corrected chi connectivity index (χ3v) is 3.40. The first-order chi connectivity index (χ1) is 9.92. The molecular formula is C15H23N5O. The van der Waals surface area contributed by atoms with E-state index in [1.165, 1.54) is 0 Å². The van der Waals surface area contributed by atoms with Gasteiger partial charge in [-0.25, -0.2) is 9.50 Å². The van der Waals surface area contributed by atoms with Gasteiger partial charge >= 0.3 is 0 Å². The third-order valence-electron chi connectivity index (χ3n) is 3.40. The number of aromatic nitrogens is 3. The summed E-state index contributed by atoms with van der Waals surface area (Å²) >= 11 is 0. The van der Waals surface area contributed by atoms with Crippen molar-refractivity contribution in [2.45, 2.75) is 40.2 Å². The fourth-order valence-corrected chi connectivity index (χ4v) is 2.48. The summed E-state index contributed by atoms with van der Waals surface area (Å²) in [4.78, 5) is 16.9. The molecule has 0 aliphatic rings. The molecule has 2 aromatic rings. The Morgan fingerprint density at radius 1 is 1.43 bits per heavy atom. The molecule has 6 heteroatoms. The third kappa shape index (κ3) is 3.39. The maximum absolute atomic E-state index is 12.4. The molecule has 2 rings (SSSR count). The van der Waals surface area contributed by atoms with Crippen molar-refractivity contribution < 1.29 is 4.79 Å². The Morgan fingerprint density at radius 2 is 2.14 bits per heavy atom. The molecule has 0 aliphatic heterocycles. The van der Waals surface area contributed by atoms with Crippen LogP contribution in [0, 0.1) is 19.8 Å². The lowest BCUT2D eigenvalue weighted by Crippen LogP contribution is -2.41. The van der Waals surface area contributed by atoms with Crippen LogP contribution in [0.5, 0.6) is 0 Å². The topological polar surface area (TPSA) is 85.3 Å². The second-order valence-electron chi connectivity index (χ2n) is 5.87. The van der Waals surface area contributed by atoms with Gasteiger partial charge < -0.3 is 11.1 Å². The van der Waals surface area contributed by atoms with Crippen molar-refractivity contribution in [2.24, 2.45) is 11.7 Å². The summed E-state index contributed by atoms with van der Waals surface area (Å²) in [5, 5.41) is 7.21. The predicted octanol–water partition coefficient (Wildman–Crippen LogP) is 1.45. The lowest BCUT2D eigenvalue weighted by molar-refractivity contribution is 0.0935. The number of hydrogen-bond donors (Lipinski definition) is 2. The molecule has 1 amide bonds. The van der Waals surface area contributed by atoms with Crippen LogP contribution in [-0.2, 0) is 0 Å². The Labute approximate surface area is 124 Å². The first kappa shape index (κ1) is 15.4. The standard InChI is InChI=1S/C15H23N5O/c1-9(2)5-12(7-16)19-15(21)13-8-17-20-11(4)6-10(3)18-14(13)20/h6,8-9,12H,5,7,16H2,1-4H3,(H,19,21). The van der Waals surface area contributed by atoms with E-state index < -0.39 is 0 Å². The van der Waals surface area contributed by atoms with Gasteiger partial charge in [0.15, 0.2) is 5.65 Å². The van der Waals surface area contributed by atoms with Gasteiger partial charge in [-0.3, -0.25) is 4.79 Å². The molecule has 21 heavy (non-hydrogen) atoms. The normalized spacial score (nSPS) is 12.9. The fraction of sp³-hybridized carbons (Fsp3) is 0.533. The molecule has 114 valence electrons. The zero-order valence-electron chi connectivity index (χ0n) is 13.1. The van der Waals surface area contributed by atoms with Crippen molar-refractivity contribution >= 4 is 11.6 Å². The SMILES string of the molecule is Cc1cc(C)n2ncc(C(=O)NC(CN)CC(C)C)c2n1. The van der Waals surface area contributed by atoms with E-state index in [4.69, 9.17) is 5.73 Å². The lowest BCUT2D eigenvalue weighted by atomic mass is 10.0. The largest absolute Gasteiger partial charge is 0.348 e. The molecule has 1 unspecified atom stereocenters. The number of nitrogens with one attached hydrogen (secondary N) is 1. The fourth-order valence-electron chi connectivity index (χ4n) is 2.48. The van der Waals surface area contributed by atoms with E-state index in [1.807, 2.05) is 19.9 Å². The van der Waals surface area contributed by atoms with E-state index in [9.17, 15) is 4.79 Å². The second-order valence-corrected chi connectivity index (χ2v) is 5.87. The van der Waals surface area contributed by atoms with Gasteiger partial charge in [0.05, 0.1) is 6.20 Å². The Balaban J connectivity index is 2.27. The van der Waals surface area contributed by atoms with Gasteiger partial charge in [0.1, 0.15) is 5.56 Å². The van der Waals surface area contributed by atoms with Crippen molar-refractivity contribution in [1.29, 1.82) is 0 Å². The summed E-state index contributed by atoms with van der Waals surface area (Å²) in [5.74, 6) is 0.309. The number of amides is 1. The molecule has 0 saturated heterocycles. The summed E-state index contributed by atoms with van der Waals surface area (Å²) in [6, 6.07) is 1.90.